The summed E-state index contributed by atoms with van der Waals surface area (Å²) in [5.41, 5.74) is 8.02. The summed E-state index contributed by atoms with van der Waals surface area (Å²) < 4.78 is 0. The Kier molecular flexibility index (Phi) is 6.27. The molecule has 7 heteroatoms. The highest BCUT2D eigenvalue weighted by Crippen LogP contribution is 2.27. The number of nitrogens with one attached hydrogen (secondary N) is 1. The van der Waals surface area contributed by atoms with Gasteiger partial charge in [-0.15, -0.1) is 12.4 Å². The van der Waals surface area contributed by atoms with Crippen LogP contribution in [0.1, 0.15) is 36.7 Å². The molecule has 1 aliphatic heterocycles. The molecule has 3 N–H and O–H groups in total. The van der Waals surface area contributed by atoms with E-state index in [4.69, 9.17) is 17.3 Å². The molecular weight excluding hydrogens is 347 g/mol. The number of rotatable bonds is 3. The second-order valence-electron chi connectivity index (χ2n) is 6.07. The number of halogens is 2. The molecule has 24 heavy (non-hydrogen) atoms. The van der Waals surface area contributed by atoms with Crippen LogP contribution in [0.4, 0.5) is 0 Å². The van der Waals surface area contributed by atoms with Crippen LogP contribution in [0.15, 0.2) is 30.3 Å². The number of H-pyrrole nitrogens is 1. The number of piperidine rings is 1. The molecule has 2 heterocycles. The SMILES string of the molecule is CC(N)C1CCCCN1C(=O)c1cc(-c2ccccc2Cl)n[nH]1.Cl. The van der Waals surface area contributed by atoms with E-state index in [1.807, 2.05) is 36.1 Å². The normalized spacial score (nSPS) is 18.8. The number of carbonyl (C=O) groups is 1. The van der Waals surface area contributed by atoms with Crippen molar-refractivity contribution in [2.24, 2.45) is 5.73 Å². The fourth-order valence-electron chi connectivity index (χ4n) is 3.15. The Morgan fingerprint density at radius 3 is 2.88 bits per heavy atom. The quantitative estimate of drug-likeness (QED) is 0.870. The molecule has 0 bridgehead atoms. The number of amides is 1. The molecule has 0 spiro atoms. The first-order valence-electron chi connectivity index (χ1n) is 7.95. The van der Waals surface area contributed by atoms with Gasteiger partial charge in [0.2, 0.25) is 0 Å². The van der Waals surface area contributed by atoms with Crippen molar-refractivity contribution in [1.29, 1.82) is 0 Å². The van der Waals surface area contributed by atoms with Crippen molar-refractivity contribution >= 4 is 29.9 Å². The minimum atomic E-state index is -0.0437. The van der Waals surface area contributed by atoms with E-state index in [9.17, 15) is 4.79 Å². The molecule has 130 valence electrons. The van der Waals surface area contributed by atoms with Gasteiger partial charge in [-0.2, -0.15) is 5.10 Å². The summed E-state index contributed by atoms with van der Waals surface area (Å²) in [5.74, 6) is -0.0437. The third-order valence-electron chi connectivity index (χ3n) is 4.38. The van der Waals surface area contributed by atoms with Crippen molar-refractivity contribution in [3.63, 3.8) is 0 Å². The van der Waals surface area contributed by atoms with Gasteiger partial charge >= 0.3 is 0 Å². The van der Waals surface area contributed by atoms with Crippen LogP contribution < -0.4 is 5.73 Å². The predicted molar refractivity (Wildman–Crippen MR) is 98.6 cm³/mol. The highest BCUT2D eigenvalue weighted by Gasteiger charge is 2.30. The van der Waals surface area contributed by atoms with Crippen LogP contribution in [-0.4, -0.2) is 39.6 Å². The number of benzene rings is 1. The molecule has 0 radical (unpaired) electrons. The molecule has 1 aliphatic rings. The number of nitrogens with two attached hydrogens (primary N) is 1. The second-order valence-corrected chi connectivity index (χ2v) is 6.47. The lowest BCUT2D eigenvalue weighted by atomic mass is 9.96. The van der Waals surface area contributed by atoms with Crippen LogP contribution in [0.2, 0.25) is 5.02 Å². The first-order chi connectivity index (χ1) is 11.1. The molecule has 0 saturated carbocycles. The highest BCUT2D eigenvalue weighted by molar-refractivity contribution is 6.33. The lowest BCUT2D eigenvalue weighted by Crippen LogP contribution is -2.51. The number of aromatic nitrogens is 2. The van der Waals surface area contributed by atoms with Crippen molar-refractivity contribution in [1.82, 2.24) is 15.1 Å². The van der Waals surface area contributed by atoms with Crippen LogP contribution >= 0.6 is 24.0 Å². The van der Waals surface area contributed by atoms with E-state index in [1.165, 1.54) is 0 Å². The second kappa shape index (κ2) is 8.01. The standard InChI is InChI=1S/C17H21ClN4O.ClH/c1-11(19)16-8-4-5-9-22(16)17(23)15-10-14(20-21-15)12-6-2-3-7-13(12)18;/h2-3,6-7,10-11,16H,4-5,8-9,19H2,1H3,(H,20,21);1H. The van der Waals surface area contributed by atoms with Gasteiger partial charge in [-0.1, -0.05) is 29.8 Å². The summed E-state index contributed by atoms with van der Waals surface area (Å²) in [4.78, 5) is 14.7. The Bertz CT molecular complexity index is 701. The molecule has 2 unspecified atom stereocenters. The van der Waals surface area contributed by atoms with Crippen molar-refractivity contribution in [3.8, 4) is 11.3 Å². The number of nitrogens with zero attached hydrogens (tertiary/aromatic N) is 2. The zero-order valence-electron chi connectivity index (χ0n) is 13.5. The van der Waals surface area contributed by atoms with E-state index >= 15 is 0 Å². The van der Waals surface area contributed by atoms with Crippen molar-refractivity contribution in [3.05, 3.63) is 41.0 Å². The maximum atomic E-state index is 12.8. The Hall–Kier alpha value is -1.56. The molecule has 1 fully saturated rings. The summed E-state index contributed by atoms with van der Waals surface area (Å²) in [6.45, 7) is 2.70. The third-order valence-corrected chi connectivity index (χ3v) is 4.70. The molecular formula is C17H22Cl2N4O. The van der Waals surface area contributed by atoms with Crippen LogP contribution in [0.3, 0.4) is 0 Å². The van der Waals surface area contributed by atoms with Crippen molar-refractivity contribution in [2.45, 2.75) is 38.3 Å². The van der Waals surface area contributed by atoms with Gasteiger partial charge in [0.05, 0.1) is 10.7 Å². The lowest BCUT2D eigenvalue weighted by Gasteiger charge is -2.37. The first kappa shape index (κ1) is 18.8. The summed E-state index contributed by atoms with van der Waals surface area (Å²) in [6, 6.07) is 9.27. The number of aromatic amines is 1. The maximum Gasteiger partial charge on any atom is 0.272 e. The number of likely N-dealkylation sites (tertiary alicyclic amines) is 1. The highest BCUT2D eigenvalue weighted by atomic mass is 35.5. The van der Waals surface area contributed by atoms with Gasteiger partial charge in [0.15, 0.2) is 0 Å². The third kappa shape index (κ3) is 3.74. The fraction of sp³-hybridized carbons (Fsp3) is 0.412. The average molecular weight is 369 g/mol. The van der Waals surface area contributed by atoms with Gasteiger partial charge in [-0.3, -0.25) is 9.89 Å². The minimum Gasteiger partial charge on any atom is -0.333 e. The molecule has 1 aromatic heterocycles. The lowest BCUT2D eigenvalue weighted by molar-refractivity contribution is 0.0577. The smallest absolute Gasteiger partial charge is 0.272 e. The Balaban J connectivity index is 0.00000208. The Morgan fingerprint density at radius 2 is 2.17 bits per heavy atom. The molecule has 1 amide bonds. The van der Waals surface area contributed by atoms with Gasteiger partial charge in [0.1, 0.15) is 5.69 Å². The number of carbonyl (C=O) groups excluding carboxylic acids is 1. The van der Waals surface area contributed by atoms with Crippen LogP contribution in [0, 0.1) is 0 Å². The van der Waals surface area contributed by atoms with Gasteiger partial charge in [-0.05, 0) is 38.3 Å². The van der Waals surface area contributed by atoms with E-state index in [0.717, 1.165) is 31.4 Å². The Labute approximate surface area is 153 Å². The Morgan fingerprint density at radius 1 is 1.42 bits per heavy atom. The van der Waals surface area contributed by atoms with Gasteiger partial charge in [-0.25, -0.2) is 0 Å². The van der Waals surface area contributed by atoms with E-state index in [1.54, 1.807) is 6.07 Å². The van der Waals surface area contributed by atoms with Gasteiger partial charge in [0.25, 0.3) is 5.91 Å². The van der Waals surface area contributed by atoms with Gasteiger partial charge in [0, 0.05) is 24.2 Å². The monoisotopic (exact) mass is 368 g/mol. The van der Waals surface area contributed by atoms with Crippen molar-refractivity contribution in [2.75, 3.05) is 6.54 Å². The van der Waals surface area contributed by atoms with Crippen LogP contribution in [-0.2, 0) is 0 Å². The zero-order chi connectivity index (χ0) is 16.4. The van der Waals surface area contributed by atoms with Crippen LogP contribution in [0.5, 0.6) is 0 Å². The van der Waals surface area contributed by atoms with Crippen molar-refractivity contribution < 1.29 is 4.79 Å². The summed E-state index contributed by atoms with van der Waals surface area (Å²) >= 11 is 6.20. The molecule has 5 nitrogen and oxygen atoms in total. The average Bonchev–Trinajstić information content (AvgIpc) is 3.04. The zero-order valence-corrected chi connectivity index (χ0v) is 15.1. The molecule has 1 aromatic carbocycles. The summed E-state index contributed by atoms with van der Waals surface area (Å²) in [5, 5.41) is 7.71. The first-order valence-corrected chi connectivity index (χ1v) is 8.32. The largest absolute Gasteiger partial charge is 0.333 e. The summed E-state index contributed by atoms with van der Waals surface area (Å²) in [7, 11) is 0. The molecule has 1 saturated heterocycles. The van der Waals surface area contributed by atoms with E-state index in [0.29, 0.717) is 16.4 Å². The maximum absolute atomic E-state index is 12.8. The number of hydrogen-bond acceptors (Lipinski definition) is 3. The topological polar surface area (TPSA) is 75.0 Å². The fourth-order valence-corrected chi connectivity index (χ4v) is 3.38. The molecule has 0 aliphatic carbocycles. The predicted octanol–water partition coefficient (Wildman–Crippen LogP) is 3.49. The molecule has 2 atom stereocenters. The number of hydrogen-bond donors (Lipinski definition) is 2. The summed E-state index contributed by atoms with van der Waals surface area (Å²) in [6.07, 6.45) is 3.08. The molecule has 3 rings (SSSR count). The minimum absolute atomic E-state index is 0. The van der Waals surface area contributed by atoms with Crippen LogP contribution in [0.25, 0.3) is 11.3 Å². The van der Waals surface area contributed by atoms with E-state index in [2.05, 4.69) is 10.2 Å². The van der Waals surface area contributed by atoms with E-state index in [-0.39, 0.29) is 30.4 Å². The van der Waals surface area contributed by atoms with Gasteiger partial charge < -0.3 is 10.6 Å². The van der Waals surface area contributed by atoms with E-state index < -0.39 is 0 Å². The molecule has 2 aromatic rings.